The van der Waals surface area contributed by atoms with E-state index in [1.807, 2.05) is 6.07 Å². The van der Waals surface area contributed by atoms with Gasteiger partial charge in [0, 0.05) is 18.9 Å². The minimum Gasteiger partial charge on any atom is -0.333 e. The lowest BCUT2D eigenvalue weighted by atomic mass is 10.2. The second kappa shape index (κ2) is 10.4. The zero-order chi connectivity index (χ0) is 28.4. The van der Waals surface area contributed by atoms with Crippen LogP contribution in [-0.4, -0.2) is 29.9 Å². The predicted octanol–water partition coefficient (Wildman–Crippen LogP) is 4.84. The van der Waals surface area contributed by atoms with Crippen LogP contribution >= 0.6 is 0 Å². The lowest BCUT2D eigenvalue weighted by Gasteiger charge is -2.12. The Morgan fingerprint density at radius 3 is 2.40 bits per heavy atom. The van der Waals surface area contributed by atoms with Crippen molar-refractivity contribution in [1.82, 2.24) is 29.2 Å². The Morgan fingerprint density at radius 1 is 1.00 bits per heavy atom. The second-order valence-electron chi connectivity index (χ2n) is 8.74. The molecule has 0 aliphatic heterocycles. The third-order valence-corrected chi connectivity index (χ3v) is 6.24. The summed E-state index contributed by atoms with van der Waals surface area (Å²) in [6.07, 6.45) is -0.0414. The van der Waals surface area contributed by atoms with Crippen LogP contribution in [0.3, 0.4) is 0 Å². The number of amides is 1. The number of nitrogens with one attached hydrogen (secondary N) is 1. The molecule has 0 bridgehead atoms. The predicted molar refractivity (Wildman–Crippen MR) is 139 cm³/mol. The highest BCUT2D eigenvalue weighted by molar-refractivity contribution is 5.83. The van der Waals surface area contributed by atoms with E-state index >= 15 is 0 Å². The molecule has 9 nitrogen and oxygen atoms in total. The van der Waals surface area contributed by atoms with Gasteiger partial charge in [-0.2, -0.15) is 23.5 Å². The van der Waals surface area contributed by atoms with Crippen molar-refractivity contribution >= 4 is 6.03 Å². The van der Waals surface area contributed by atoms with Gasteiger partial charge in [-0.1, -0.05) is 6.07 Å². The van der Waals surface area contributed by atoms with E-state index in [1.165, 1.54) is 23.0 Å². The lowest BCUT2D eigenvalue weighted by Crippen LogP contribution is -2.37. The van der Waals surface area contributed by atoms with Crippen molar-refractivity contribution in [3.63, 3.8) is 0 Å². The summed E-state index contributed by atoms with van der Waals surface area (Å²) in [7, 11) is 0. The van der Waals surface area contributed by atoms with Crippen LogP contribution in [0, 0.1) is 18.3 Å². The van der Waals surface area contributed by atoms with Gasteiger partial charge in [-0.15, -0.1) is 0 Å². The maximum Gasteiger partial charge on any atom is 0.416 e. The molecule has 1 N–H and O–H groups in total. The van der Waals surface area contributed by atoms with Crippen molar-refractivity contribution < 1.29 is 18.0 Å². The van der Waals surface area contributed by atoms with Gasteiger partial charge in [-0.3, -0.25) is 9.55 Å². The zero-order valence-electron chi connectivity index (χ0n) is 20.9. The van der Waals surface area contributed by atoms with Gasteiger partial charge in [0.15, 0.2) is 0 Å². The van der Waals surface area contributed by atoms with Crippen LogP contribution in [0.2, 0.25) is 0 Å². The number of carbonyl (C=O) groups excluding carboxylic acids is 1. The Labute approximate surface area is 225 Å². The van der Waals surface area contributed by atoms with E-state index in [0.717, 1.165) is 26.8 Å². The summed E-state index contributed by atoms with van der Waals surface area (Å²) < 4.78 is 43.9. The van der Waals surface area contributed by atoms with E-state index in [0.29, 0.717) is 16.9 Å². The fourth-order valence-electron chi connectivity index (χ4n) is 4.34. The van der Waals surface area contributed by atoms with Crippen LogP contribution in [0.5, 0.6) is 0 Å². The van der Waals surface area contributed by atoms with Gasteiger partial charge in [0.2, 0.25) is 0 Å². The molecular formula is C28H20F3N7O2. The van der Waals surface area contributed by atoms with Crippen LogP contribution in [-0.2, 0) is 12.7 Å². The third-order valence-electron chi connectivity index (χ3n) is 6.24. The number of pyridine rings is 1. The molecule has 1 amide bonds. The molecule has 5 rings (SSSR count). The topological polar surface area (TPSA) is 111 Å². The highest BCUT2D eigenvalue weighted by Crippen LogP contribution is 2.32. The number of hydrogen-bond acceptors (Lipinski definition) is 5. The van der Waals surface area contributed by atoms with E-state index in [4.69, 9.17) is 5.26 Å². The molecule has 0 aliphatic rings. The number of halogens is 3. The minimum atomic E-state index is -4.63. The van der Waals surface area contributed by atoms with Crippen molar-refractivity contribution in [3.8, 4) is 28.8 Å². The number of carbonyl (C=O) groups is 1. The smallest absolute Gasteiger partial charge is 0.333 e. The number of alkyl halides is 3. The molecule has 0 fully saturated rings. The molecule has 12 heteroatoms. The summed E-state index contributed by atoms with van der Waals surface area (Å²) in [5, 5.41) is 16.2. The van der Waals surface area contributed by atoms with Gasteiger partial charge in [-0.25, -0.2) is 18.8 Å². The first kappa shape index (κ1) is 26.2. The van der Waals surface area contributed by atoms with E-state index in [-0.39, 0.29) is 23.6 Å². The first-order valence-corrected chi connectivity index (χ1v) is 11.9. The van der Waals surface area contributed by atoms with Crippen molar-refractivity contribution in [3.05, 3.63) is 118 Å². The van der Waals surface area contributed by atoms with Crippen LogP contribution in [0.25, 0.3) is 22.8 Å². The van der Waals surface area contributed by atoms with E-state index in [1.54, 1.807) is 61.8 Å². The van der Waals surface area contributed by atoms with Gasteiger partial charge in [0.1, 0.15) is 5.69 Å². The monoisotopic (exact) mass is 543 g/mol. The fraction of sp³-hybridized carbons (Fsp3) is 0.107. The van der Waals surface area contributed by atoms with Crippen LogP contribution in [0.1, 0.15) is 22.4 Å². The molecule has 40 heavy (non-hydrogen) atoms. The number of rotatable bonds is 5. The Morgan fingerprint density at radius 2 is 1.73 bits per heavy atom. The Balaban J connectivity index is 1.68. The summed E-state index contributed by atoms with van der Waals surface area (Å²) in [4.78, 5) is 31.2. The maximum atomic E-state index is 13.8. The normalized spacial score (nSPS) is 11.3. The SMILES string of the molecule is Cc1c(-c2ccnn2-c2ccc(C#N)cc2)n(C(=O)NCc2ccncc2)c(=O)n1-c1cccc(C(F)(F)F)c1. The average Bonchev–Trinajstić information content (AvgIpc) is 3.53. The quantitative estimate of drug-likeness (QED) is 0.341. The maximum absolute atomic E-state index is 13.8. The van der Waals surface area contributed by atoms with Gasteiger partial charge >= 0.3 is 17.9 Å². The number of aromatic nitrogens is 5. The van der Waals surface area contributed by atoms with Gasteiger partial charge in [0.25, 0.3) is 0 Å². The van der Waals surface area contributed by atoms with Crippen molar-refractivity contribution in [2.24, 2.45) is 0 Å². The molecular weight excluding hydrogens is 523 g/mol. The van der Waals surface area contributed by atoms with E-state index in [2.05, 4.69) is 15.4 Å². The minimum absolute atomic E-state index is 0.0521. The van der Waals surface area contributed by atoms with Gasteiger partial charge in [0.05, 0.1) is 46.2 Å². The lowest BCUT2D eigenvalue weighted by molar-refractivity contribution is -0.137. The number of nitriles is 1. The largest absolute Gasteiger partial charge is 0.416 e. The van der Waals surface area contributed by atoms with E-state index < -0.39 is 23.5 Å². The summed E-state index contributed by atoms with van der Waals surface area (Å²) >= 11 is 0. The highest BCUT2D eigenvalue weighted by atomic mass is 19.4. The molecule has 0 aliphatic carbocycles. The summed E-state index contributed by atoms with van der Waals surface area (Å²) in [5.74, 6) is 0. The first-order valence-electron chi connectivity index (χ1n) is 11.9. The highest BCUT2D eigenvalue weighted by Gasteiger charge is 2.32. The molecule has 0 spiro atoms. The van der Waals surface area contributed by atoms with Crippen LogP contribution < -0.4 is 11.0 Å². The number of benzene rings is 2. The molecule has 5 aromatic rings. The molecule has 200 valence electrons. The molecule has 0 saturated heterocycles. The molecule has 0 saturated carbocycles. The molecule has 0 radical (unpaired) electrons. The standard InChI is InChI=1S/C28H20F3N7O2/c1-18-25(24-11-14-35-38(24)22-7-5-19(16-32)6-8-22)37(26(39)34-17-20-9-12-33-13-10-20)27(40)36(18)23-4-2-3-21(15-23)28(29,30)31/h2-15H,17H2,1H3,(H,34,39). The van der Waals surface area contributed by atoms with Crippen molar-refractivity contribution in [2.75, 3.05) is 0 Å². The van der Waals surface area contributed by atoms with Gasteiger partial charge < -0.3 is 5.32 Å². The molecule has 3 aromatic heterocycles. The molecule has 2 aromatic carbocycles. The molecule has 3 heterocycles. The average molecular weight is 544 g/mol. The first-order chi connectivity index (χ1) is 19.2. The summed E-state index contributed by atoms with van der Waals surface area (Å²) in [5.41, 5.74) is 0.554. The van der Waals surface area contributed by atoms with Gasteiger partial charge in [-0.05, 0) is 73.2 Å². The third kappa shape index (κ3) is 4.88. The second-order valence-corrected chi connectivity index (χ2v) is 8.74. The number of imidazole rings is 1. The number of nitrogens with zero attached hydrogens (tertiary/aromatic N) is 6. The Kier molecular flexibility index (Phi) is 6.79. The van der Waals surface area contributed by atoms with Crippen molar-refractivity contribution in [2.45, 2.75) is 19.6 Å². The summed E-state index contributed by atoms with van der Waals surface area (Å²) in [6.45, 7) is 1.62. The van der Waals surface area contributed by atoms with Crippen LogP contribution in [0.15, 0.2) is 90.1 Å². The molecule has 0 atom stereocenters. The Bertz CT molecular complexity index is 1790. The number of hydrogen-bond donors (Lipinski definition) is 1. The molecule has 0 unspecified atom stereocenters. The van der Waals surface area contributed by atoms with Crippen LogP contribution in [0.4, 0.5) is 18.0 Å². The summed E-state index contributed by atoms with van der Waals surface area (Å²) in [6, 6.07) is 17.1. The van der Waals surface area contributed by atoms with E-state index in [9.17, 15) is 22.8 Å². The Hall–Kier alpha value is -5.44. The zero-order valence-corrected chi connectivity index (χ0v) is 20.9. The van der Waals surface area contributed by atoms with Crippen molar-refractivity contribution in [1.29, 1.82) is 5.26 Å². The fourth-order valence-corrected chi connectivity index (χ4v) is 4.34.